The Kier molecular flexibility index (Phi) is 4.67. The Morgan fingerprint density at radius 2 is 2.22 bits per heavy atom. The van der Waals surface area contributed by atoms with Crippen LogP contribution in [0.5, 0.6) is 0 Å². The maximum atomic E-state index is 11.1. The predicted octanol–water partition coefficient (Wildman–Crippen LogP) is 2.17. The van der Waals surface area contributed by atoms with Crippen LogP contribution in [0.2, 0.25) is 0 Å². The number of hydrogen-bond donors (Lipinski definition) is 2. The molecule has 0 bridgehead atoms. The van der Waals surface area contributed by atoms with Gasteiger partial charge in [0.05, 0.1) is 11.3 Å². The SMILES string of the molecule is Cc1nc(N[C@H](CC(C)C)C(=O)O)ccc1C#N. The topological polar surface area (TPSA) is 86.0 Å². The van der Waals surface area contributed by atoms with Crippen LogP contribution in [-0.2, 0) is 4.79 Å². The molecule has 0 radical (unpaired) electrons. The first kappa shape index (κ1) is 14.0. The van der Waals surface area contributed by atoms with Gasteiger partial charge >= 0.3 is 5.97 Å². The second-order valence-corrected chi connectivity index (χ2v) is 4.61. The van der Waals surface area contributed by atoms with Crippen molar-refractivity contribution in [2.45, 2.75) is 33.2 Å². The average Bonchev–Trinajstić information content (AvgIpc) is 2.27. The predicted molar refractivity (Wildman–Crippen MR) is 68.2 cm³/mol. The van der Waals surface area contributed by atoms with Gasteiger partial charge in [-0.2, -0.15) is 5.26 Å². The molecule has 0 aliphatic rings. The molecule has 0 unspecified atom stereocenters. The van der Waals surface area contributed by atoms with E-state index in [-0.39, 0.29) is 5.92 Å². The van der Waals surface area contributed by atoms with Crippen molar-refractivity contribution in [1.29, 1.82) is 5.26 Å². The first-order valence-corrected chi connectivity index (χ1v) is 5.81. The van der Waals surface area contributed by atoms with Crippen LogP contribution in [-0.4, -0.2) is 22.1 Å². The van der Waals surface area contributed by atoms with E-state index < -0.39 is 12.0 Å². The number of nitrogens with zero attached hydrogens (tertiary/aromatic N) is 2. The number of aryl methyl sites for hydroxylation is 1. The molecule has 0 saturated carbocycles. The van der Waals surface area contributed by atoms with Crippen molar-refractivity contribution in [3.8, 4) is 6.07 Å². The van der Waals surface area contributed by atoms with E-state index in [1.165, 1.54) is 0 Å². The highest BCUT2D eigenvalue weighted by molar-refractivity contribution is 5.76. The number of hydrogen-bond acceptors (Lipinski definition) is 4. The molecule has 0 fully saturated rings. The molecule has 0 aliphatic heterocycles. The molecule has 1 heterocycles. The summed E-state index contributed by atoms with van der Waals surface area (Å²) in [5.41, 5.74) is 1.09. The van der Waals surface area contributed by atoms with Crippen LogP contribution in [0.15, 0.2) is 12.1 Å². The van der Waals surface area contributed by atoms with Crippen molar-refractivity contribution in [2.75, 3.05) is 5.32 Å². The Labute approximate surface area is 106 Å². The van der Waals surface area contributed by atoms with Gasteiger partial charge in [-0.1, -0.05) is 13.8 Å². The van der Waals surface area contributed by atoms with Crippen LogP contribution in [0.1, 0.15) is 31.5 Å². The molecule has 1 aromatic rings. The van der Waals surface area contributed by atoms with Gasteiger partial charge < -0.3 is 10.4 Å². The van der Waals surface area contributed by atoms with E-state index in [1.54, 1.807) is 19.1 Å². The molecule has 0 aromatic carbocycles. The fourth-order valence-corrected chi connectivity index (χ4v) is 1.63. The quantitative estimate of drug-likeness (QED) is 0.832. The highest BCUT2D eigenvalue weighted by Crippen LogP contribution is 2.14. The van der Waals surface area contributed by atoms with Gasteiger partial charge in [-0.15, -0.1) is 0 Å². The smallest absolute Gasteiger partial charge is 0.326 e. The van der Waals surface area contributed by atoms with Crippen LogP contribution in [0.4, 0.5) is 5.82 Å². The summed E-state index contributed by atoms with van der Waals surface area (Å²) in [6.07, 6.45) is 0.524. The fourth-order valence-electron chi connectivity index (χ4n) is 1.63. The zero-order valence-corrected chi connectivity index (χ0v) is 10.8. The number of aliphatic carboxylic acids is 1. The van der Waals surface area contributed by atoms with E-state index in [0.29, 0.717) is 23.5 Å². The Hall–Kier alpha value is -2.09. The summed E-state index contributed by atoms with van der Waals surface area (Å²) in [7, 11) is 0. The van der Waals surface area contributed by atoms with Gasteiger partial charge in [0.1, 0.15) is 17.9 Å². The third-order valence-electron chi connectivity index (χ3n) is 2.53. The summed E-state index contributed by atoms with van der Waals surface area (Å²) in [4.78, 5) is 15.3. The number of anilines is 1. The molecule has 0 spiro atoms. The normalized spacial score (nSPS) is 11.9. The highest BCUT2D eigenvalue weighted by atomic mass is 16.4. The minimum atomic E-state index is -0.896. The molecule has 1 atom stereocenters. The summed E-state index contributed by atoms with van der Waals surface area (Å²) >= 11 is 0. The maximum absolute atomic E-state index is 11.1. The molecule has 96 valence electrons. The zero-order valence-electron chi connectivity index (χ0n) is 10.8. The number of aromatic nitrogens is 1. The summed E-state index contributed by atoms with van der Waals surface area (Å²) < 4.78 is 0. The Balaban J connectivity index is 2.85. The number of rotatable bonds is 5. The number of carbonyl (C=O) groups is 1. The van der Waals surface area contributed by atoms with E-state index in [1.807, 2.05) is 19.9 Å². The van der Waals surface area contributed by atoms with Gasteiger partial charge in [-0.25, -0.2) is 9.78 Å². The van der Waals surface area contributed by atoms with Gasteiger partial charge in [0.25, 0.3) is 0 Å². The van der Waals surface area contributed by atoms with Gasteiger partial charge in [0, 0.05) is 0 Å². The number of pyridine rings is 1. The molecule has 1 rings (SSSR count). The van der Waals surface area contributed by atoms with E-state index >= 15 is 0 Å². The molecule has 5 heteroatoms. The van der Waals surface area contributed by atoms with E-state index in [4.69, 9.17) is 10.4 Å². The molecule has 18 heavy (non-hydrogen) atoms. The van der Waals surface area contributed by atoms with Gasteiger partial charge in [0.15, 0.2) is 0 Å². The van der Waals surface area contributed by atoms with E-state index in [9.17, 15) is 4.79 Å². The van der Waals surface area contributed by atoms with Gasteiger partial charge in [0.2, 0.25) is 0 Å². The first-order chi connectivity index (χ1) is 8.43. The fraction of sp³-hybridized carbons (Fsp3) is 0.462. The lowest BCUT2D eigenvalue weighted by Gasteiger charge is -2.17. The second kappa shape index (κ2) is 6.01. The molecular weight excluding hydrogens is 230 g/mol. The number of nitrogens with one attached hydrogen (secondary N) is 1. The van der Waals surface area contributed by atoms with Crippen molar-refractivity contribution in [2.24, 2.45) is 5.92 Å². The Morgan fingerprint density at radius 3 is 2.67 bits per heavy atom. The first-order valence-electron chi connectivity index (χ1n) is 5.81. The number of carboxylic acids is 1. The van der Waals surface area contributed by atoms with Crippen LogP contribution < -0.4 is 5.32 Å². The second-order valence-electron chi connectivity index (χ2n) is 4.61. The molecule has 0 amide bonds. The molecule has 1 aromatic heterocycles. The van der Waals surface area contributed by atoms with Gasteiger partial charge in [-0.05, 0) is 31.4 Å². The van der Waals surface area contributed by atoms with Crippen LogP contribution in [0, 0.1) is 24.2 Å². The maximum Gasteiger partial charge on any atom is 0.326 e. The molecule has 2 N–H and O–H groups in total. The monoisotopic (exact) mass is 247 g/mol. The van der Waals surface area contributed by atoms with Gasteiger partial charge in [-0.3, -0.25) is 0 Å². The Morgan fingerprint density at radius 1 is 1.56 bits per heavy atom. The lowest BCUT2D eigenvalue weighted by atomic mass is 10.0. The summed E-state index contributed by atoms with van der Waals surface area (Å²) in [5, 5.41) is 20.8. The molecule has 0 aliphatic carbocycles. The summed E-state index contributed by atoms with van der Waals surface area (Å²) in [5.74, 6) is -0.134. The molecule has 5 nitrogen and oxygen atoms in total. The number of carboxylic acid groups (broad SMARTS) is 1. The average molecular weight is 247 g/mol. The van der Waals surface area contributed by atoms with Crippen molar-refractivity contribution in [1.82, 2.24) is 4.98 Å². The summed E-state index contributed by atoms with van der Waals surface area (Å²) in [6.45, 7) is 5.66. The molecular formula is C13H17N3O2. The highest BCUT2D eigenvalue weighted by Gasteiger charge is 2.19. The third-order valence-corrected chi connectivity index (χ3v) is 2.53. The number of nitriles is 1. The van der Waals surface area contributed by atoms with Crippen LogP contribution >= 0.6 is 0 Å². The minimum Gasteiger partial charge on any atom is -0.480 e. The van der Waals surface area contributed by atoms with Crippen LogP contribution in [0.3, 0.4) is 0 Å². The van der Waals surface area contributed by atoms with Crippen molar-refractivity contribution in [3.63, 3.8) is 0 Å². The third kappa shape index (κ3) is 3.74. The Bertz CT molecular complexity index is 478. The van der Waals surface area contributed by atoms with Crippen molar-refractivity contribution < 1.29 is 9.90 Å². The molecule has 0 saturated heterocycles. The zero-order chi connectivity index (χ0) is 13.7. The van der Waals surface area contributed by atoms with Crippen molar-refractivity contribution >= 4 is 11.8 Å². The van der Waals surface area contributed by atoms with E-state index in [0.717, 1.165) is 0 Å². The minimum absolute atomic E-state index is 0.276. The van der Waals surface area contributed by atoms with Crippen molar-refractivity contribution in [3.05, 3.63) is 23.4 Å². The largest absolute Gasteiger partial charge is 0.480 e. The lowest BCUT2D eigenvalue weighted by molar-refractivity contribution is -0.138. The summed E-state index contributed by atoms with van der Waals surface area (Å²) in [6, 6.07) is 4.63. The lowest BCUT2D eigenvalue weighted by Crippen LogP contribution is -2.31. The standard InChI is InChI=1S/C13H17N3O2/c1-8(2)6-11(13(17)18)16-12-5-4-10(7-14)9(3)15-12/h4-5,8,11H,6H2,1-3H3,(H,15,16)(H,17,18)/t11-/m1/s1. The van der Waals surface area contributed by atoms with E-state index in [2.05, 4.69) is 10.3 Å². The van der Waals surface area contributed by atoms with Crippen LogP contribution in [0.25, 0.3) is 0 Å².